The van der Waals surface area contributed by atoms with Gasteiger partial charge in [-0.2, -0.15) is 0 Å². The molecule has 0 heteroatoms. The van der Waals surface area contributed by atoms with E-state index in [9.17, 15) is 0 Å². The molecular weight excluding hydrogens is 192 g/mol. The molecule has 0 atom stereocenters. The minimum atomic E-state index is 1.09. The fourth-order valence-electron chi connectivity index (χ4n) is 1.75. The first kappa shape index (κ1) is 12.8. The number of benzene rings is 1. The van der Waals surface area contributed by atoms with Crippen molar-refractivity contribution in [3.05, 3.63) is 46.5 Å². The monoisotopic (exact) mass is 214 g/mol. The molecular formula is C16H22. The van der Waals surface area contributed by atoms with Gasteiger partial charge in [0.05, 0.1) is 0 Å². The molecule has 1 rings (SSSR count). The van der Waals surface area contributed by atoms with E-state index in [0.29, 0.717) is 0 Å². The van der Waals surface area contributed by atoms with Crippen LogP contribution in [0, 0.1) is 13.8 Å². The molecule has 0 aromatic heterocycles. The van der Waals surface area contributed by atoms with Gasteiger partial charge in [0.2, 0.25) is 0 Å². The summed E-state index contributed by atoms with van der Waals surface area (Å²) in [5.74, 6) is 0. The Bertz CT molecular complexity index is 359. The summed E-state index contributed by atoms with van der Waals surface area (Å²) in [7, 11) is 0. The zero-order valence-electron chi connectivity index (χ0n) is 10.9. The highest BCUT2D eigenvalue weighted by Crippen LogP contribution is 2.20. The van der Waals surface area contributed by atoms with Crippen LogP contribution in [-0.4, -0.2) is 0 Å². The summed E-state index contributed by atoms with van der Waals surface area (Å²) in [4.78, 5) is 0. The minimum absolute atomic E-state index is 1.09. The highest BCUT2D eigenvalue weighted by atomic mass is 14.1. The summed E-state index contributed by atoms with van der Waals surface area (Å²) < 4.78 is 0. The maximum atomic E-state index is 2.25. The lowest BCUT2D eigenvalue weighted by Gasteiger charge is -2.07. The van der Waals surface area contributed by atoms with E-state index in [1.54, 1.807) is 0 Å². The molecule has 0 radical (unpaired) electrons. The smallest absolute Gasteiger partial charge is 0.0222 e. The zero-order chi connectivity index (χ0) is 12.0. The van der Waals surface area contributed by atoms with E-state index < -0.39 is 0 Å². The van der Waals surface area contributed by atoms with Crippen molar-refractivity contribution in [2.24, 2.45) is 0 Å². The Morgan fingerprint density at radius 1 is 0.875 bits per heavy atom. The molecule has 0 fully saturated rings. The standard InChI is InChI=1S/C16H22/c1-5-7-9-15-11-13(3)12-16(14(15)4)10-8-6-2/h7-12H,5-6H2,1-4H3. The third kappa shape index (κ3) is 3.37. The molecule has 1 aromatic carbocycles. The van der Waals surface area contributed by atoms with Crippen LogP contribution in [0.4, 0.5) is 0 Å². The fourth-order valence-corrected chi connectivity index (χ4v) is 1.75. The van der Waals surface area contributed by atoms with E-state index in [2.05, 4.69) is 64.1 Å². The molecule has 0 aliphatic rings. The number of hydrogen-bond acceptors (Lipinski definition) is 0. The van der Waals surface area contributed by atoms with Crippen molar-refractivity contribution < 1.29 is 0 Å². The van der Waals surface area contributed by atoms with Crippen LogP contribution in [0.2, 0.25) is 0 Å². The van der Waals surface area contributed by atoms with Gasteiger partial charge >= 0.3 is 0 Å². The van der Waals surface area contributed by atoms with Crippen LogP contribution in [0.1, 0.15) is 48.9 Å². The van der Waals surface area contributed by atoms with Gasteiger partial charge < -0.3 is 0 Å². The quantitative estimate of drug-likeness (QED) is 0.650. The predicted octanol–water partition coefficient (Wildman–Crippen LogP) is 5.15. The van der Waals surface area contributed by atoms with E-state index in [4.69, 9.17) is 0 Å². The van der Waals surface area contributed by atoms with Crippen molar-refractivity contribution in [2.75, 3.05) is 0 Å². The van der Waals surface area contributed by atoms with Gasteiger partial charge in [-0.05, 0) is 48.9 Å². The number of hydrogen-bond donors (Lipinski definition) is 0. The Kier molecular flexibility index (Phi) is 5.04. The largest absolute Gasteiger partial charge is 0.0842 e. The van der Waals surface area contributed by atoms with Crippen LogP contribution in [0.3, 0.4) is 0 Å². The average molecular weight is 214 g/mol. The summed E-state index contributed by atoms with van der Waals surface area (Å²) in [5.41, 5.74) is 5.40. The third-order valence-electron chi connectivity index (χ3n) is 2.70. The Hall–Kier alpha value is -1.30. The predicted molar refractivity (Wildman–Crippen MR) is 74.6 cm³/mol. The molecule has 0 N–H and O–H groups in total. The summed E-state index contributed by atoms with van der Waals surface area (Å²) in [5, 5.41) is 0. The van der Waals surface area contributed by atoms with Gasteiger partial charge in [0.25, 0.3) is 0 Å². The topological polar surface area (TPSA) is 0 Å². The van der Waals surface area contributed by atoms with Crippen molar-refractivity contribution >= 4 is 12.2 Å². The normalized spacial score (nSPS) is 11.8. The lowest BCUT2D eigenvalue weighted by Crippen LogP contribution is -1.88. The van der Waals surface area contributed by atoms with Gasteiger partial charge in [-0.15, -0.1) is 0 Å². The first-order valence-electron chi connectivity index (χ1n) is 6.13. The third-order valence-corrected chi connectivity index (χ3v) is 2.70. The summed E-state index contributed by atoms with van der Waals surface area (Å²) in [6.45, 7) is 8.69. The molecule has 86 valence electrons. The summed E-state index contributed by atoms with van der Waals surface area (Å²) >= 11 is 0. The van der Waals surface area contributed by atoms with Gasteiger partial charge in [-0.25, -0.2) is 0 Å². The maximum absolute atomic E-state index is 2.25. The van der Waals surface area contributed by atoms with Crippen molar-refractivity contribution in [2.45, 2.75) is 40.5 Å². The van der Waals surface area contributed by atoms with Gasteiger partial charge in [0.15, 0.2) is 0 Å². The molecule has 0 unspecified atom stereocenters. The van der Waals surface area contributed by atoms with Crippen LogP contribution in [0.5, 0.6) is 0 Å². The number of aryl methyl sites for hydroxylation is 1. The second kappa shape index (κ2) is 6.32. The molecule has 0 saturated carbocycles. The van der Waals surface area contributed by atoms with E-state index in [1.807, 2.05) is 0 Å². The highest BCUT2D eigenvalue weighted by Gasteiger charge is 2.00. The van der Waals surface area contributed by atoms with E-state index in [1.165, 1.54) is 22.3 Å². The molecule has 0 bridgehead atoms. The Morgan fingerprint density at radius 2 is 1.31 bits per heavy atom. The summed E-state index contributed by atoms with van der Waals surface area (Å²) in [6, 6.07) is 4.51. The molecule has 16 heavy (non-hydrogen) atoms. The van der Waals surface area contributed by atoms with Gasteiger partial charge in [-0.1, -0.05) is 50.3 Å². The lowest BCUT2D eigenvalue weighted by atomic mass is 9.98. The number of rotatable bonds is 4. The van der Waals surface area contributed by atoms with Crippen LogP contribution in [-0.2, 0) is 0 Å². The molecule has 0 nitrogen and oxygen atoms in total. The van der Waals surface area contributed by atoms with Crippen molar-refractivity contribution in [3.8, 4) is 0 Å². The Labute approximate surface area is 99.7 Å². The van der Waals surface area contributed by atoms with Gasteiger partial charge in [-0.3, -0.25) is 0 Å². The van der Waals surface area contributed by atoms with Crippen molar-refractivity contribution in [3.63, 3.8) is 0 Å². The first-order chi connectivity index (χ1) is 7.69. The van der Waals surface area contributed by atoms with E-state index in [-0.39, 0.29) is 0 Å². The first-order valence-corrected chi connectivity index (χ1v) is 6.13. The molecule has 0 spiro atoms. The van der Waals surface area contributed by atoms with Gasteiger partial charge in [0.1, 0.15) is 0 Å². The van der Waals surface area contributed by atoms with Crippen LogP contribution < -0.4 is 0 Å². The Morgan fingerprint density at radius 3 is 1.69 bits per heavy atom. The van der Waals surface area contributed by atoms with E-state index >= 15 is 0 Å². The Balaban J connectivity index is 3.15. The van der Waals surface area contributed by atoms with Crippen LogP contribution in [0.15, 0.2) is 24.3 Å². The average Bonchev–Trinajstić information content (AvgIpc) is 2.28. The number of allylic oxidation sites excluding steroid dienone is 2. The molecule has 1 aromatic rings. The second-order valence-corrected chi connectivity index (χ2v) is 4.19. The molecule has 0 amide bonds. The van der Waals surface area contributed by atoms with Crippen molar-refractivity contribution in [1.82, 2.24) is 0 Å². The summed E-state index contributed by atoms with van der Waals surface area (Å²) in [6.07, 6.45) is 11.1. The maximum Gasteiger partial charge on any atom is -0.0222 e. The van der Waals surface area contributed by atoms with Crippen LogP contribution >= 0.6 is 0 Å². The van der Waals surface area contributed by atoms with Crippen molar-refractivity contribution in [1.29, 1.82) is 0 Å². The van der Waals surface area contributed by atoms with E-state index in [0.717, 1.165) is 12.8 Å². The lowest BCUT2D eigenvalue weighted by molar-refractivity contribution is 1.23. The molecule has 0 aliphatic heterocycles. The molecule has 0 heterocycles. The van der Waals surface area contributed by atoms with Gasteiger partial charge in [0, 0.05) is 0 Å². The zero-order valence-corrected chi connectivity index (χ0v) is 10.9. The molecule has 0 saturated heterocycles. The molecule has 0 aliphatic carbocycles. The second-order valence-electron chi connectivity index (χ2n) is 4.19. The highest BCUT2D eigenvalue weighted by molar-refractivity contribution is 5.64. The SMILES string of the molecule is CCC=Cc1cc(C)cc(C=CCC)c1C. The fraction of sp³-hybridized carbons (Fsp3) is 0.375. The van der Waals surface area contributed by atoms with Crippen LogP contribution in [0.25, 0.3) is 12.2 Å². The minimum Gasteiger partial charge on any atom is -0.0842 e.